The van der Waals surface area contributed by atoms with Crippen molar-refractivity contribution in [1.29, 1.82) is 0 Å². The van der Waals surface area contributed by atoms with E-state index in [4.69, 9.17) is 25.8 Å². The van der Waals surface area contributed by atoms with E-state index in [0.29, 0.717) is 47.5 Å². The summed E-state index contributed by atoms with van der Waals surface area (Å²) in [5.41, 5.74) is 2.79. The molecule has 4 rings (SSSR count). The fraction of sp³-hybridized carbons (Fsp3) is 0.200. The second-order valence-corrected chi connectivity index (χ2v) is 9.12. The molecule has 0 aliphatic carbocycles. The van der Waals surface area contributed by atoms with Crippen LogP contribution in [-0.2, 0) is 19.1 Å². The molecule has 0 saturated heterocycles. The van der Waals surface area contributed by atoms with Crippen LogP contribution < -0.4 is 24.8 Å². The van der Waals surface area contributed by atoms with Gasteiger partial charge >= 0.3 is 6.18 Å². The quantitative estimate of drug-likeness (QED) is 0.182. The number of hydrogen-bond donors (Lipinski definition) is 2. The minimum atomic E-state index is -4.33. The van der Waals surface area contributed by atoms with Crippen molar-refractivity contribution in [2.24, 2.45) is 0 Å². The average Bonchev–Trinajstić information content (AvgIpc) is 2.93. The van der Waals surface area contributed by atoms with Gasteiger partial charge in [-0.15, -0.1) is 0 Å². The highest BCUT2D eigenvalue weighted by Crippen LogP contribution is 2.36. The number of hydrogen-bond acceptors (Lipinski definition) is 5. The first kappa shape index (κ1) is 28.1. The third-order valence-corrected chi connectivity index (χ3v) is 6.23. The fourth-order valence-electron chi connectivity index (χ4n) is 3.94. The highest BCUT2D eigenvalue weighted by atomic mass is 35.5. The van der Waals surface area contributed by atoms with Crippen LogP contribution in [0, 0.1) is 0 Å². The minimum Gasteiger partial charge on any atom is -0.496 e. The molecule has 39 heavy (non-hydrogen) atoms. The van der Waals surface area contributed by atoms with Gasteiger partial charge in [-0.3, -0.25) is 0 Å². The second-order valence-electron chi connectivity index (χ2n) is 8.69. The van der Waals surface area contributed by atoms with Crippen molar-refractivity contribution in [3.8, 4) is 23.0 Å². The van der Waals surface area contributed by atoms with Crippen molar-refractivity contribution in [2.45, 2.75) is 19.1 Å². The first-order chi connectivity index (χ1) is 18.7. The Morgan fingerprint density at radius 2 is 1.31 bits per heavy atom. The minimum absolute atomic E-state index is 0.443. The number of rotatable bonds is 11. The van der Waals surface area contributed by atoms with Gasteiger partial charge in [0, 0.05) is 35.1 Å². The highest BCUT2D eigenvalue weighted by Gasteiger charge is 2.29. The molecule has 0 aliphatic heterocycles. The Morgan fingerprint density at radius 3 is 1.85 bits per heavy atom. The zero-order valence-electron chi connectivity index (χ0n) is 21.4. The van der Waals surface area contributed by atoms with Gasteiger partial charge in [0.1, 0.15) is 23.0 Å². The summed E-state index contributed by atoms with van der Waals surface area (Å²) < 4.78 is 55.5. The summed E-state index contributed by atoms with van der Waals surface area (Å²) in [7, 11) is 3.14. The number of ether oxygens (including phenoxy) is 3. The highest BCUT2D eigenvalue weighted by molar-refractivity contribution is 6.30. The van der Waals surface area contributed by atoms with Crippen molar-refractivity contribution < 1.29 is 27.4 Å². The lowest BCUT2D eigenvalue weighted by molar-refractivity contribution is -0.137. The molecule has 0 aliphatic rings. The smallest absolute Gasteiger partial charge is 0.416 e. The Balaban J connectivity index is 1.36. The van der Waals surface area contributed by atoms with Gasteiger partial charge in [0.05, 0.1) is 25.3 Å². The molecule has 0 radical (unpaired) electrons. The molecule has 0 aromatic heterocycles. The summed E-state index contributed by atoms with van der Waals surface area (Å²) in [6.07, 6.45) is -3.76. The maximum absolute atomic E-state index is 12.8. The Morgan fingerprint density at radius 1 is 0.744 bits per heavy atom. The predicted octanol–water partition coefficient (Wildman–Crippen LogP) is 8.24. The molecule has 0 saturated carbocycles. The first-order valence-corrected chi connectivity index (χ1v) is 12.5. The maximum Gasteiger partial charge on any atom is 0.416 e. The molecule has 0 spiro atoms. The molecule has 5 nitrogen and oxygen atoms in total. The molecule has 4 aromatic rings. The van der Waals surface area contributed by atoms with E-state index < -0.39 is 11.7 Å². The molecule has 0 heterocycles. The van der Waals surface area contributed by atoms with Crippen molar-refractivity contribution in [2.75, 3.05) is 26.1 Å². The largest absolute Gasteiger partial charge is 0.496 e. The Kier molecular flexibility index (Phi) is 9.22. The molecule has 2 N–H and O–H groups in total. The van der Waals surface area contributed by atoms with E-state index in [-0.39, 0.29) is 0 Å². The van der Waals surface area contributed by atoms with Gasteiger partial charge < -0.3 is 24.8 Å². The standard InChI is InChI=1S/C30H28ClF3N2O3/c1-37-28-17-26(39-25-13-11-24(12-14-25)36-23-9-7-22(31)8-10-23)18-29(38-2)27(28)19-35-16-15-20-3-5-21(6-4-20)30(32,33)34/h3-14,17-18,35-36H,15-16,19H2,1-2H3. The molecular formula is C30H28ClF3N2O3. The van der Waals surface area contributed by atoms with Crippen LogP contribution in [0.5, 0.6) is 23.0 Å². The summed E-state index contributed by atoms with van der Waals surface area (Å²) in [5, 5.41) is 7.28. The maximum atomic E-state index is 12.8. The second kappa shape index (κ2) is 12.8. The first-order valence-electron chi connectivity index (χ1n) is 12.2. The summed E-state index contributed by atoms with van der Waals surface area (Å²) in [4.78, 5) is 0. The zero-order chi connectivity index (χ0) is 27.8. The van der Waals surface area contributed by atoms with Gasteiger partial charge in [-0.25, -0.2) is 0 Å². The van der Waals surface area contributed by atoms with E-state index in [1.165, 1.54) is 12.1 Å². The molecule has 0 atom stereocenters. The van der Waals surface area contributed by atoms with E-state index >= 15 is 0 Å². The summed E-state index contributed by atoms with van der Waals surface area (Å²) in [5.74, 6) is 2.37. The van der Waals surface area contributed by atoms with Crippen LogP contribution in [-0.4, -0.2) is 20.8 Å². The molecule has 0 amide bonds. The summed E-state index contributed by atoms with van der Waals surface area (Å²) in [6.45, 7) is 1.00. The van der Waals surface area contributed by atoms with Crippen LogP contribution in [0.15, 0.2) is 84.9 Å². The molecule has 0 bridgehead atoms. The molecule has 9 heteroatoms. The van der Waals surface area contributed by atoms with E-state index in [1.54, 1.807) is 26.4 Å². The van der Waals surface area contributed by atoms with Gasteiger partial charge in [-0.1, -0.05) is 23.7 Å². The lowest BCUT2D eigenvalue weighted by Crippen LogP contribution is -2.18. The van der Waals surface area contributed by atoms with Crippen LogP contribution in [0.4, 0.5) is 24.5 Å². The number of halogens is 4. The van der Waals surface area contributed by atoms with Crippen molar-refractivity contribution >= 4 is 23.0 Å². The van der Waals surface area contributed by atoms with Crippen LogP contribution in [0.3, 0.4) is 0 Å². The third-order valence-electron chi connectivity index (χ3n) is 5.98. The molecule has 0 fully saturated rings. The molecule has 0 unspecified atom stereocenters. The fourth-order valence-corrected chi connectivity index (χ4v) is 4.07. The monoisotopic (exact) mass is 556 g/mol. The number of methoxy groups -OCH3 is 2. The van der Waals surface area contributed by atoms with E-state index in [9.17, 15) is 13.2 Å². The summed E-state index contributed by atoms with van der Waals surface area (Å²) in [6, 6.07) is 23.7. The number of alkyl halides is 3. The Labute approximate surface area is 230 Å². The molecule has 204 valence electrons. The third kappa shape index (κ3) is 7.81. The van der Waals surface area contributed by atoms with Crippen molar-refractivity contribution in [3.05, 3.63) is 107 Å². The number of benzene rings is 4. The van der Waals surface area contributed by atoms with Crippen molar-refractivity contribution in [3.63, 3.8) is 0 Å². The van der Waals surface area contributed by atoms with Crippen LogP contribution in [0.2, 0.25) is 5.02 Å². The van der Waals surface area contributed by atoms with Gasteiger partial charge in [0.2, 0.25) is 0 Å². The van der Waals surface area contributed by atoms with E-state index in [0.717, 1.165) is 34.6 Å². The van der Waals surface area contributed by atoms with Gasteiger partial charge in [0.15, 0.2) is 0 Å². The number of anilines is 2. The summed E-state index contributed by atoms with van der Waals surface area (Å²) >= 11 is 5.94. The Hall–Kier alpha value is -3.88. The lowest BCUT2D eigenvalue weighted by Gasteiger charge is -2.17. The van der Waals surface area contributed by atoms with Gasteiger partial charge in [-0.2, -0.15) is 13.2 Å². The topological polar surface area (TPSA) is 51.8 Å². The Bertz CT molecular complexity index is 1340. The molecule has 4 aromatic carbocycles. The average molecular weight is 557 g/mol. The zero-order valence-corrected chi connectivity index (χ0v) is 22.2. The van der Waals surface area contributed by atoms with E-state index in [2.05, 4.69) is 10.6 Å². The predicted molar refractivity (Wildman–Crippen MR) is 148 cm³/mol. The van der Waals surface area contributed by atoms with Gasteiger partial charge in [-0.05, 0) is 79.2 Å². The van der Waals surface area contributed by atoms with Gasteiger partial charge in [0.25, 0.3) is 0 Å². The van der Waals surface area contributed by atoms with E-state index in [1.807, 2.05) is 48.5 Å². The normalized spacial score (nSPS) is 11.2. The van der Waals surface area contributed by atoms with Crippen LogP contribution in [0.25, 0.3) is 0 Å². The van der Waals surface area contributed by atoms with Crippen LogP contribution >= 0.6 is 11.6 Å². The SMILES string of the molecule is COc1cc(Oc2ccc(Nc3ccc(Cl)cc3)cc2)cc(OC)c1CNCCc1ccc(C(F)(F)F)cc1. The van der Waals surface area contributed by atoms with Crippen molar-refractivity contribution in [1.82, 2.24) is 5.32 Å². The number of nitrogens with one attached hydrogen (secondary N) is 2. The molecular weight excluding hydrogens is 529 g/mol. The van der Waals surface area contributed by atoms with Crippen LogP contribution in [0.1, 0.15) is 16.7 Å². The lowest BCUT2D eigenvalue weighted by atomic mass is 10.1.